The number of rotatable bonds is 9. The van der Waals surface area contributed by atoms with Gasteiger partial charge in [0.05, 0.1) is 10.7 Å². The first-order valence-corrected chi connectivity index (χ1v) is 7.40. The number of thiazole rings is 1. The standard InChI is InChI=1S/C13H25N3S/c1-4-14-8-6-5-7-9-16(3)10-13-11-17-12(2)15-13/h11,14H,4-10H2,1-3H3. The van der Waals surface area contributed by atoms with Gasteiger partial charge in [-0.15, -0.1) is 11.3 Å². The molecule has 0 aliphatic carbocycles. The van der Waals surface area contributed by atoms with Crippen LogP contribution >= 0.6 is 11.3 Å². The van der Waals surface area contributed by atoms with Gasteiger partial charge in [0.25, 0.3) is 0 Å². The SMILES string of the molecule is CCNCCCCCN(C)Cc1csc(C)n1. The molecule has 0 aliphatic heterocycles. The molecule has 0 atom stereocenters. The molecule has 1 aromatic heterocycles. The van der Waals surface area contributed by atoms with Crippen LogP contribution in [0.2, 0.25) is 0 Å². The molecule has 1 rings (SSSR count). The predicted molar refractivity (Wildman–Crippen MR) is 75.6 cm³/mol. The minimum absolute atomic E-state index is 0.984. The highest BCUT2D eigenvalue weighted by Gasteiger charge is 2.03. The van der Waals surface area contributed by atoms with E-state index >= 15 is 0 Å². The van der Waals surface area contributed by atoms with Gasteiger partial charge in [0, 0.05) is 11.9 Å². The van der Waals surface area contributed by atoms with E-state index in [0.29, 0.717) is 0 Å². The second-order valence-electron chi connectivity index (χ2n) is 4.51. The molecule has 0 saturated heterocycles. The van der Waals surface area contributed by atoms with Gasteiger partial charge in [0.2, 0.25) is 0 Å². The Morgan fingerprint density at radius 2 is 2.18 bits per heavy atom. The van der Waals surface area contributed by atoms with Gasteiger partial charge in [0.15, 0.2) is 0 Å². The fourth-order valence-corrected chi connectivity index (χ4v) is 2.43. The molecular weight excluding hydrogens is 230 g/mol. The largest absolute Gasteiger partial charge is 0.317 e. The van der Waals surface area contributed by atoms with E-state index in [9.17, 15) is 0 Å². The molecule has 0 aliphatic rings. The molecule has 1 heterocycles. The van der Waals surface area contributed by atoms with Crippen LogP contribution in [0.25, 0.3) is 0 Å². The van der Waals surface area contributed by atoms with E-state index < -0.39 is 0 Å². The van der Waals surface area contributed by atoms with Crippen molar-refractivity contribution in [1.29, 1.82) is 0 Å². The lowest BCUT2D eigenvalue weighted by Gasteiger charge is -2.14. The second kappa shape index (κ2) is 8.61. The smallest absolute Gasteiger partial charge is 0.0897 e. The highest BCUT2D eigenvalue weighted by atomic mass is 32.1. The first kappa shape index (κ1) is 14.6. The summed E-state index contributed by atoms with van der Waals surface area (Å²) in [6, 6.07) is 0. The monoisotopic (exact) mass is 255 g/mol. The molecule has 0 bridgehead atoms. The van der Waals surface area contributed by atoms with Crippen LogP contribution in [0.3, 0.4) is 0 Å². The van der Waals surface area contributed by atoms with E-state index in [4.69, 9.17) is 0 Å². The molecule has 17 heavy (non-hydrogen) atoms. The van der Waals surface area contributed by atoms with Crippen molar-refractivity contribution < 1.29 is 0 Å². The maximum Gasteiger partial charge on any atom is 0.0897 e. The van der Waals surface area contributed by atoms with Gasteiger partial charge in [0.1, 0.15) is 0 Å². The minimum Gasteiger partial charge on any atom is -0.317 e. The third-order valence-corrected chi connectivity index (χ3v) is 3.56. The number of aryl methyl sites for hydroxylation is 1. The van der Waals surface area contributed by atoms with Crippen LogP contribution in [0.5, 0.6) is 0 Å². The Hall–Kier alpha value is -0.450. The summed E-state index contributed by atoms with van der Waals surface area (Å²) in [6.45, 7) is 8.62. The minimum atomic E-state index is 0.984. The van der Waals surface area contributed by atoms with Gasteiger partial charge >= 0.3 is 0 Å². The molecule has 0 spiro atoms. The zero-order chi connectivity index (χ0) is 12.5. The van der Waals surface area contributed by atoms with E-state index in [-0.39, 0.29) is 0 Å². The number of nitrogens with one attached hydrogen (secondary N) is 1. The number of unbranched alkanes of at least 4 members (excludes halogenated alkanes) is 2. The molecule has 0 aromatic carbocycles. The van der Waals surface area contributed by atoms with Gasteiger partial charge in [-0.2, -0.15) is 0 Å². The lowest BCUT2D eigenvalue weighted by Crippen LogP contribution is -2.20. The van der Waals surface area contributed by atoms with Crippen molar-refractivity contribution >= 4 is 11.3 Å². The fourth-order valence-electron chi connectivity index (χ4n) is 1.82. The van der Waals surface area contributed by atoms with Gasteiger partial charge in [-0.05, 0) is 46.4 Å². The topological polar surface area (TPSA) is 28.2 Å². The Balaban J connectivity index is 2.03. The lowest BCUT2D eigenvalue weighted by molar-refractivity contribution is 0.314. The summed E-state index contributed by atoms with van der Waals surface area (Å²) < 4.78 is 0. The highest BCUT2D eigenvalue weighted by molar-refractivity contribution is 7.09. The highest BCUT2D eigenvalue weighted by Crippen LogP contribution is 2.10. The summed E-state index contributed by atoms with van der Waals surface area (Å²) in [4.78, 5) is 6.85. The van der Waals surface area contributed by atoms with Crippen molar-refractivity contribution in [3.05, 3.63) is 16.1 Å². The average Bonchev–Trinajstić information content (AvgIpc) is 2.69. The molecular formula is C13H25N3S. The Labute approximate surface area is 109 Å². The van der Waals surface area contributed by atoms with Crippen LogP contribution in [0.15, 0.2) is 5.38 Å². The Bertz CT molecular complexity index is 299. The van der Waals surface area contributed by atoms with Crippen LogP contribution < -0.4 is 5.32 Å². The molecule has 0 radical (unpaired) electrons. The van der Waals surface area contributed by atoms with Crippen LogP contribution in [0, 0.1) is 6.92 Å². The van der Waals surface area contributed by atoms with Crippen molar-refractivity contribution in [2.75, 3.05) is 26.7 Å². The zero-order valence-corrected chi connectivity index (χ0v) is 12.1. The van der Waals surface area contributed by atoms with E-state index in [1.807, 2.05) is 0 Å². The first-order valence-electron chi connectivity index (χ1n) is 6.52. The predicted octanol–water partition coefficient (Wildman–Crippen LogP) is 2.66. The van der Waals surface area contributed by atoms with Gasteiger partial charge < -0.3 is 10.2 Å². The third-order valence-electron chi connectivity index (χ3n) is 2.74. The molecule has 98 valence electrons. The zero-order valence-electron chi connectivity index (χ0n) is 11.3. The van der Waals surface area contributed by atoms with Crippen molar-refractivity contribution in [1.82, 2.24) is 15.2 Å². The van der Waals surface area contributed by atoms with Crippen molar-refractivity contribution in [2.45, 2.75) is 39.7 Å². The third kappa shape index (κ3) is 6.76. The number of aromatic nitrogens is 1. The Morgan fingerprint density at radius 1 is 1.35 bits per heavy atom. The summed E-state index contributed by atoms with van der Waals surface area (Å²) in [5.74, 6) is 0. The fraction of sp³-hybridized carbons (Fsp3) is 0.769. The van der Waals surface area contributed by atoms with Crippen LogP contribution in [0.4, 0.5) is 0 Å². The normalized spacial score (nSPS) is 11.3. The van der Waals surface area contributed by atoms with E-state index in [1.165, 1.54) is 36.5 Å². The molecule has 0 saturated carbocycles. The summed E-state index contributed by atoms with van der Waals surface area (Å²) in [6.07, 6.45) is 3.88. The molecule has 1 aromatic rings. The van der Waals surface area contributed by atoms with E-state index in [0.717, 1.165) is 19.6 Å². The van der Waals surface area contributed by atoms with Crippen molar-refractivity contribution in [3.63, 3.8) is 0 Å². The Morgan fingerprint density at radius 3 is 2.82 bits per heavy atom. The van der Waals surface area contributed by atoms with Gasteiger partial charge in [-0.25, -0.2) is 4.98 Å². The van der Waals surface area contributed by atoms with Crippen LogP contribution in [-0.2, 0) is 6.54 Å². The second-order valence-corrected chi connectivity index (χ2v) is 5.57. The quantitative estimate of drug-likeness (QED) is 0.688. The van der Waals surface area contributed by atoms with Crippen LogP contribution in [-0.4, -0.2) is 36.6 Å². The molecule has 3 nitrogen and oxygen atoms in total. The van der Waals surface area contributed by atoms with E-state index in [2.05, 4.69) is 41.5 Å². The molecule has 0 unspecified atom stereocenters. The maximum absolute atomic E-state index is 4.49. The van der Waals surface area contributed by atoms with Crippen molar-refractivity contribution in [2.24, 2.45) is 0 Å². The molecule has 0 fully saturated rings. The summed E-state index contributed by atoms with van der Waals surface area (Å²) in [7, 11) is 2.18. The maximum atomic E-state index is 4.49. The summed E-state index contributed by atoms with van der Waals surface area (Å²) in [5, 5.41) is 6.69. The van der Waals surface area contributed by atoms with Crippen LogP contribution in [0.1, 0.15) is 36.9 Å². The van der Waals surface area contributed by atoms with Crippen molar-refractivity contribution in [3.8, 4) is 0 Å². The molecule has 1 N–H and O–H groups in total. The lowest BCUT2D eigenvalue weighted by atomic mass is 10.2. The summed E-state index contributed by atoms with van der Waals surface area (Å²) in [5.41, 5.74) is 1.21. The van der Waals surface area contributed by atoms with Gasteiger partial charge in [-0.3, -0.25) is 0 Å². The Kier molecular flexibility index (Phi) is 7.40. The summed E-state index contributed by atoms with van der Waals surface area (Å²) >= 11 is 1.74. The average molecular weight is 255 g/mol. The number of hydrogen-bond donors (Lipinski definition) is 1. The van der Waals surface area contributed by atoms with Gasteiger partial charge in [-0.1, -0.05) is 13.3 Å². The number of hydrogen-bond acceptors (Lipinski definition) is 4. The molecule has 4 heteroatoms. The van der Waals surface area contributed by atoms with E-state index in [1.54, 1.807) is 11.3 Å². The first-order chi connectivity index (χ1) is 8.22. The number of nitrogens with zero attached hydrogens (tertiary/aromatic N) is 2. The molecule has 0 amide bonds.